The van der Waals surface area contributed by atoms with E-state index in [0.717, 1.165) is 38.7 Å². The van der Waals surface area contributed by atoms with E-state index in [1.807, 2.05) is 97.1 Å². The summed E-state index contributed by atoms with van der Waals surface area (Å²) in [4.78, 5) is 60.4. The molecule has 1 aliphatic carbocycles. The lowest BCUT2D eigenvalue weighted by Gasteiger charge is -2.23. The van der Waals surface area contributed by atoms with E-state index >= 15 is 0 Å². The van der Waals surface area contributed by atoms with Gasteiger partial charge in [-0.25, -0.2) is 9.59 Å². The standard InChI is InChI=1S/C37H31N3O7/c41-34-16-17-35(42)40(34)47-36(43)21-39(37(44)46-23-32-29-12-6-4-10-27(29)28-11-5-7-13-30(28)32)20-25-19-38-33-15-14-26(18-31(25)33)45-22-24-8-2-1-3-9-24/h1-15,18-19,32,38H,16-17,20-23H2. The molecule has 3 amide bonds. The van der Waals surface area contributed by atoms with Crippen LogP contribution < -0.4 is 4.74 Å². The molecule has 1 fully saturated rings. The van der Waals surface area contributed by atoms with E-state index < -0.39 is 30.4 Å². The molecule has 7 rings (SSSR count). The number of amides is 3. The summed E-state index contributed by atoms with van der Waals surface area (Å²) in [6.07, 6.45) is 0.945. The lowest BCUT2D eigenvalue weighted by atomic mass is 9.98. The Labute approximate surface area is 270 Å². The molecule has 0 spiro atoms. The number of nitrogens with zero attached hydrogens (tertiary/aromatic N) is 2. The molecule has 236 valence electrons. The largest absolute Gasteiger partial charge is 0.489 e. The quantitative estimate of drug-likeness (QED) is 0.185. The number of aromatic amines is 1. The summed E-state index contributed by atoms with van der Waals surface area (Å²) in [7, 11) is 0. The molecule has 47 heavy (non-hydrogen) atoms. The van der Waals surface area contributed by atoms with Crippen molar-refractivity contribution in [1.82, 2.24) is 14.9 Å². The summed E-state index contributed by atoms with van der Waals surface area (Å²) < 4.78 is 11.9. The van der Waals surface area contributed by atoms with Crippen LogP contribution in [0.4, 0.5) is 4.79 Å². The second kappa shape index (κ2) is 12.8. The summed E-state index contributed by atoms with van der Waals surface area (Å²) in [5.41, 5.74) is 6.84. The first kappa shape index (κ1) is 29.8. The zero-order valence-electron chi connectivity index (χ0n) is 25.4. The monoisotopic (exact) mass is 629 g/mol. The number of fused-ring (bicyclic) bond motifs is 4. The number of hydrogen-bond donors (Lipinski definition) is 1. The number of H-pyrrole nitrogens is 1. The summed E-state index contributed by atoms with van der Waals surface area (Å²) in [6.45, 7) is -0.134. The first-order chi connectivity index (χ1) is 22.9. The number of hydrogen-bond acceptors (Lipinski definition) is 7. The van der Waals surface area contributed by atoms with Crippen molar-refractivity contribution in [2.45, 2.75) is 31.9 Å². The third-order valence-corrected chi connectivity index (χ3v) is 8.46. The molecular weight excluding hydrogens is 598 g/mol. The number of carbonyl (C=O) groups excluding carboxylic acids is 4. The molecule has 1 aromatic heterocycles. The molecule has 10 heteroatoms. The highest BCUT2D eigenvalue weighted by atomic mass is 16.7. The molecule has 10 nitrogen and oxygen atoms in total. The van der Waals surface area contributed by atoms with Crippen molar-refractivity contribution in [3.8, 4) is 16.9 Å². The highest BCUT2D eigenvalue weighted by molar-refractivity contribution is 6.01. The van der Waals surface area contributed by atoms with Crippen LogP contribution in [0.1, 0.15) is 41.0 Å². The fraction of sp³-hybridized carbons (Fsp3) is 0.189. The lowest BCUT2D eigenvalue weighted by Crippen LogP contribution is -2.40. The molecule has 0 radical (unpaired) electrons. The van der Waals surface area contributed by atoms with Crippen LogP contribution >= 0.6 is 0 Å². The van der Waals surface area contributed by atoms with Crippen LogP contribution in [-0.2, 0) is 37.1 Å². The molecule has 2 heterocycles. The molecule has 0 saturated carbocycles. The van der Waals surface area contributed by atoms with Crippen LogP contribution in [0.5, 0.6) is 5.75 Å². The van der Waals surface area contributed by atoms with Gasteiger partial charge in [0, 0.05) is 35.9 Å². The van der Waals surface area contributed by atoms with Gasteiger partial charge >= 0.3 is 12.1 Å². The maximum Gasteiger partial charge on any atom is 0.410 e. The van der Waals surface area contributed by atoms with Gasteiger partial charge in [0.15, 0.2) is 0 Å². The van der Waals surface area contributed by atoms with E-state index in [1.165, 1.54) is 4.90 Å². The molecule has 0 bridgehead atoms. The first-order valence-electron chi connectivity index (χ1n) is 15.4. The van der Waals surface area contributed by atoms with Crippen LogP contribution in [0.2, 0.25) is 0 Å². The number of ether oxygens (including phenoxy) is 2. The molecule has 0 atom stereocenters. The Hall–Kier alpha value is -5.90. The Morgan fingerprint density at radius 1 is 0.830 bits per heavy atom. The summed E-state index contributed by atoms with van der Waals surface area (Å²) in [6, 6.07) is 31.4. The second-order valence-electron chi connectivity index (χ2n) is 11.5. The molecule has 0 unspecified atom stereocenters. The molecule has 1 saturated heterocycles. The van der Waals surface area contributed by atoms with Gasteiger partial charge in [-0.3, -0.25) is 14.5 Å². The topological polar surface area (TPSA) is 118 Å². The van der Waals surface area contributed by atoms with Crippen LogP contribution in [0.25, 0.3) is 22.0 Å². The molecule has 5 aromatic rings. The molecule has 1 aliphatic heterocycles. The summed E-state index contributed by atoms with van der Waals surface area (Å²) >= 11 is 0. The Kier molecular flexibility index (Phi) is 8.14. The highest BCUT2D eigenvalue weighted by Crippen LogP contribution is 2.44. The minimum absolute atomic E-state index is 0.0181. The van der Waals surface area contributed by atoms with Crippen molar-refractivity contribution in [3.63, 3.8) is 0 Å². The van der Waals surface area contributed by atoms with Gasteiger partial charge in [0.1, 0.15) is 25.5 Å². The first-order valence-corrected chi connectivity index (χ1v) is 15.4. The third-order valence-electron chi connectivity index (χ3n) is 8.46. The van der Waals surface area contributed by atoms with Gasteiger partial charge in [-0.05, 0) is 51.6 Å². The summed E-state index contributed by atoms with van der Waals surface area (Å²) in [5, 5.41) is 1.27. The van der Waals surface area contributed by atoms with Gasteiger partial charge < -0.3 is 19.3 Å². The van der Waals surface area contributed by atoms with Crippen LogP contribution in [0, 0.1) is 0 Å². The van der Waals surface area contributed by atoms with Crippen LogP contribution in [0.15, 0.2) is 103 Å². The number of carbonyl (C=O) groups is 4. The van der Waals surface area contributed by atoms with Crippen molar-refractivity contribution >= 4 is 34.8 Å². The third kappa shape index (κ3) is 6.17. The van der Waals surface area contributed by atoms with E-state index in [0.29, 0.717) is 23.0 Å². The number of imide groups is 1. The van der Waals surface area contributed by atoms with Gasteiger partial charge in [0.25, 0.3) is 11.8 Å². The molecule has 1 N–H and O–H groups in total. The Balaban J connectivity index is 1.11. The van der Waals surface area contributed by atoms with E-state index in [4.69, 9.17) is 14.3 Å². The smallest absolute Gasteiger partial charge is 0.410 e. The van der Waals surface area contributed by atoms with Crippen molar-refractivity contribution in [2.75, 3.05) is 13.2 Å². The number of nitrogens with one attached hydrogen (secondary N) is 1. The van der Waals surface area contributed by atoms with Gasteiger partial charge in [0.05, 0.1) is 6.54 Å². The molecule has 2 aliphatic rings. The van der Waals surface area contributed by atoms with Crippen LogP contribution in [0.3, 0.4) is 0 Å². The van der Waals surface area contributed by atoms with Crippen molar-refractivity contribution in [1.29, 1.82) is 0 Å². The van der Waals surface area contributed by atoms with Gasteiger partial charge in [-0.1, -0.05) is 78.9 Å². The second-order valence-corrected chi connectivity index (χ2v) is 11.5. The van der Waals surface area contributed by atoms with Crippen molar-refractivity contribution in [2.24, 2.45) is 0 Å². The van der Waals surface area contributed by atoms with Crippen molar-refractivity contribution < 1.29 is 33.5 Å². The average molecular weight is 630 g/mol. The number of rotatable bonds is 10. The Bertz CT molecular complexity index is 1930. The average Bonchev–Trinajstić information content (AvgIpc) is 3.75. The minimum atomic E-state index is -0.936. The maximum atomic E-state index is 13.7. The zero-order valence-corrected chi connectivity index (χ0v) is 25.4. The van der Waals surface area contributed by atoms with Gasteiger partial charge in [0.2, 0.25) is 0 Å². The van der Waals surface area contributed by atoms with Crippen LogP contribution in [-0.4, -0.2) is 52.0 Å². The number of aromatic nitrogens is 1. The van der Waals surface area contributed by atoms with Gasteiger partial charge in [-0.2, -0.15) is 0 Å². The molecular formula is C37H31N3O7. The normalized spacial score (nSPS) is 13.8. The van der Waals surface area contributed by atoms with E-state index in [-0.39, 0.29) is 31.9 Å². The fourth-order valence-corrected chi connectivity index (χ4v) is 6.14. The van der Waals surface area contributed by atoms with E-state index in [1.54, 1.807) is 6.20 Å². The maximum absolute atomic E-state index is 13.7. The SMILES string of the molecule is O=C(CN(Cc1c[nH]c2ccc(OCc3ccccc3)cc12)C(=O)OCC1c2ccccc2-c2ccccc21)ON1C(=O)CCC1=O. The Morgan fingerprint density at radius 2 is 1.49 bits per heavy atom. The Morgan fingerprint density at radius 3 is 2.19 bits per heavy atom. The fourth-order valence-electron chi connectivity index (χ4n) is 6.14. The van der Waals surface area contributed by atoms with Gasteiger partial charge in [-0.15, -0.1) is 5.06 Å². The van der Waals surface area contributed by atoms with E-state index in [2.05, 4.69) is 4.98 Å². The minimum Gasteiger partial charge on any atom is -0.489 e. The predicted octanol–water partition coefficient (Wildman–Crippen LogP) is 6.11. The van der Waals surface area contributed by atoms with Crippen molar-refractivity contribution in [3.05, 3.63) is 126 Å². The predicted molar refractivity (Wildman–Crippen MR) is 172 cm³/mol. The zero-order chi connectivity index (χ0) is 32.3. The summed E-state index contributed by atoms with van der Waals surface area (Å²) in [5.74, 6) is -1.68. The number of benzene rings is 4. The molecule has 4 aromatic carbocycles. The highest BCUT2D eigenvalue weighted by Gasteiger charge is 2.34. The lowest BCUT2D eigenvalue weighted by molar-refractivity contribution is -0.197. The van der Waals surface area contributed by atoms with E-state index in [9.17, 15) is 19.2 Å². The number of hydroxylamine groups is 2.